The summed E-state index contributed by atoms with van der Waals surface area (Å²) in [7, 11) is 1.41. The minimum absolute atomic E-state index is 0.299. The van der Waals surface area contributed by atoms with Crippen molar-refractivity contribution in [1.82, 2.24) is 0 Å². The van der Waals surface area contributed by atoms with Gasteiger partial charge in [-0.3, -0.25) is 0 Å². The number of methoxy groups -OCH3 is 1. The highest BCUT2D eigenvalue weighted by Crippen LogP contribution is 2.34. The molecule has 0 aliphatic heterocycles. The first-order valence-corrected chi connectivity index (χ1v) is 7.60. The molecule has 0 aromatic heterocycles. The van der Waals surface area contributed by atoms with E-state index in [2.05, 4.69) is 21.2 Å². The highest BCUT2D eigenvalue weighted by atomic mass is 79.9. The number of carbonyl (C=O) groups excluding carboxylic acids is 1. The van der Waals surface area contributed by atoms with Crippen molar-refractivity contribution in [3.05, 3.63) is 64.6 Å². The second-order valence-electron chi connectivity index (χ2n) is 4.72. The largest absolute Gasteiger partial charge is 0.467 e. The van der Waals surface area contributed by atoms with Crippen LogP contribution in [0.3, 0.4) is 0 Å². The predicted molar refractivity (Wildman–Crippen MR) is 88.2 cm³/mol. The summed E-state index contributed by atoms with van der Waals surface area (Å²) in [6.45, 7) is 1.97. The molecule has 0 saturated carbocycles. The average molecular weight is 348 g/mol. The number of ether oxygens (including phenoxy) is 1. The molecule has 0 heterocycles. The molecular weight excluding hydrogens is 330 g/mol. The molecule has 1 N–H and O–H groups in total. The molecule has 0 bridgehead atoms. The Labute approximate surface area is 133 Å². The number of para-hydroxylation sites is 1. The number of nitrogens with one attached hydrogen (secondary N) is 1. The Morgan fingerprint density at radius 2 is 1.76 bits per heavy atom. The van der Waals surface area contributed by atoms with E-state index in [1.54, 1.807) is 0 Å². The number of benzene rings is 2. The zero-order valence-corrected chi connectivity index (χ0v) is 13.7. The number of carbonyl (C=O) groups is 1. The lowest BCUT2D eigenvalue weighted by Crippen LogP contribution is -2.44. The lowest BCUT2D eigenvalue weighted by molar-refractivity contribution is -0.146. The van der Waals surface area contributed by atoms with Crippen molar-refractivity contribution in [2.75, 3.05) is 12.4 Å². The van der Waals surface area contributed by atoms with Crippen LogP contribution in [0.5, 0.6) is 0 Å². The van der Waals surface area contributed by atoms with Crippen LogP contribution >= 0.6 is 15.9 Å². The summed E-state index contributed by atoms with van der Waals surface area (Å²) in [6, 6.07) is 17.4. The van der Waals surface area contributed by atoms with Crippen LogP contribution in [-0.2, 0) is 15.1 Å². The third-order valence-electron chi connectivity index (χ3n) is 3.55. The number of anilines is 1. The summed E-state index contributed by atoms with van der Waals surface area (Å²) in [5.74, 6) is -0.299. The Kier molecular flexibility index (Phi) is 5.02. The summed E-state index contributed by atoms with van der Waals surface area (Å²) >= 11 is 3.51. The fourth-order valence-electron chi connectivity index (χ4n) is 2.37. The van der Waals surface area contributed by atoms with E-state index in [0.29, 0.717) is 6.42 Å². The quantitative estimate of drug-likeness (QED) is 0.817. The highest BCUT2D eigenvalue weighted by Gasteiger charge is 2.40. The van der Waals surface area contributed by atoms with E-state index in [1.165, 1.54) is 7.11 Å². The van der Waals surface area contributed by atoms with Crippen LogP contribution in [0.4, 0.5) is 5.69 Å². The van der Waals surface area contributed by atoms with Gasteiger partial charge in [-0.25, -0.2) is 4.79 Å². The van der Waals surface area contributed by atoms with Gasteiger partial charge in [-0.2, -0.15) is 0 Å². The van der Waals surface area contributed by atoms with E-state index in [9.17, 15) is 4.79 Å². The molecule has 110 valence electrons. The lowest BCUT2D eigenvalue weighted by Gasteiger charge is -2.33. The molecular formula is C17H18BrNO2. The van der Waals surface area contributed by atoms with Crippen LogP contribution in [0.1, 0.15) is 18.9 Å². The first-order valence-electron chi connectivity index (χ1n) is 6.80. The Balaban J connectivity index is 2.51. The van der Waals surface area contributed by atoms with Crippen LogP contribution in [0.15, 0.2) is 59.1 Å². The van der Waals surface area contributed by atoms with Gasteiger partial charge < -0.3 is 10.1 Å². The van der Waals surface area contributed by atoms with Gasteiger partial charge in [-0.1, -0.05) is 49.4 Å². The zero-order chi connectivity index (χ0) is 15.3. The van der Waals surface area contributed by atoms with Crippen LogP contribution < -0.4 is 5.32 Å². The molecule has 0 saturated heterocycles. The summed E-state index contributed by atoms with van der Waals surface area (Å²) in [6.07, 6.45) is 0.574. The number of hydrogen-bond acceptors (Lipinski definition) is 3. The SMILES string of the molecule is CCC(Nc1ccccc1Br)(C(=O)OC)c1ccccc1. The third kappa shape index (κ3) is 3.10. The Morgan fingerprint density at radius 3 is 2.33 bits per heavy atom. The monoisotopic (exact) mass is 347 g/mol. The van der Waals surface area contributed by atoms with E-state index in [4.69, 9.17) is 4.74 Å². The minimum atomic E-state index is -0.903. The molecule has 1 atom stereocenters. The molecule has 3 nitrogen and oxygen atoms in total. The van der Waals surface area contributed by atoms with Gasteiger partial charge >= 0.3 is 5.97 Å². The maximum absolute atomic E-state index is 12.5. The van der Waals surface area contributed by atoms with Crippen molar-refractivity contribution in [2.24, 2.45) is 0 Å². The molecule has 2 aromatic carbocycles. The van der Waals surface area contributed by atoms with E-state index >= 15 is 0 Å². The smallest absolute Gasteiger partial charge is 0.336 e. The van der Waals surface area contributed by atoms with Gasteiger partial charge in [0.15, 0.2) is 5.54 Å². The Morgan fingerprint density at radius 1 is 1.14 bits per heavy atom. The maximum Gasteiger partial charge on any atom is 0.336 e. The molecule has 4 heteroatoms. The number of rotatable bonds is 5. The second-order valence-corrected chi connectivity index (χ2v) is 5.58. The van der Waals surface area contributed by atoms with Crippen molar-refractivity contribution in [3.8, 4) is 0 Å². The lowest BCUT2D eigenvalue weighted by atomic mass is 9.86. The van der Waals surface area contributed by atoms with Crippen LogP contribution in [0, 0.1) is 0 Å². The number of halogens is 1. The third-order valence-corrected chi connectivity index (χ3v) is 4.24. The summed E-state index contributed by atoms with van der Waals surface area (Å²) in [5.41, 5.74) is 0.837. The number of hydrogen-bond donors (Lipinski definition) is 1. The van der Waals surface area contributed by atoms with Gasteiger partial charge in [0.1, 0.15) is 0 Å². The molecule has 2 rings (SSSR count). The topological polar surface area (TPSA) is 38.3 Å². The van der Waals surface area contributed by atoms with Crippen LogP contribution in [-0.4, -0.2) is 13.1 Å². The molecule has 0 aliphatic rings. The number of esters is 1. The molecule has 21 heavy (non-hydrogen) atoms. The van der Waals surface area contributed by atoms with Gasteiger partial charge in [0, 0.05) is 10.2 Å². The van der Waals surface area contributed by atoms with E-state index in [0.717, 1.165) is 15.7 Å². The summed E-state index contributed by atoms with van der Waals surface area (Å²) < 4.78 is 5.96. The highest BCUT2D eigenvalue weighted by molar-refractivity contribution is 9.10. The average Bonchev–Trinajstić information content (AvgIpc) is 2.54. The summed E-state index contributed by atoms with van der Waals surface area (Å²) in [5, 5.41) is 3.36. The summed E-state index contributed by atoms with van der Waals surface area (Å²) in [4.78, 5) is 12.5. The predicted octanol–water partition coefficient (Wildman–Crippen LogP) is 4.34. The molecule has 0 amide bonds. The Bertz CT molecular complexity index is 615. The van der Waals surface area contributed by atoms with Crippen LogP contribution in [0.25, 0.3) is 0 Å². The fourth-order valence-corrected chi connectivity index (χ4v) is 2.75. The first kappa shape index (κ1) is 15.6. The van der Waals surface area contributed by atoms with Gasteiger partial charge in [-0.05, 0) is 40.0 Å². The van der Waals surface area contributed by atoms with Gasteiger partial charge in [0.05, 0.1) is 7.11 Å². The molecule has 0 aliphatic carbocycles. The van der Waals surface area contributed by atoms with Crippen LogP contribution in [0.2, 0.25) is 0 Å². The van der Waals surface area contributed by atoms with Gasteiger partial charge in [0.2, 0.25) is 0 Å². The Hall–Kier alpha value is -1.81. The molecule has 1 unspecified atom stereocenters. The van der Waals surface area contributed by atoms with Crippen molar-refractivity contribution in [3.63, 3.8) is 0 Å². The second kappa shape index (κ2) is 6.76. The van der Waals surface area contributed by atoms with Gasteiger partial charge in [0.25, 0.3) is 0 Å². The van der Waals surface area contributed by atoms with E-state index in [-0.39, 0.29) is 5.97 Å². The standard InChI is InChI=1S/C17H18BrNO2/c1-3-17(16(20)21-2,13-9-5-4-6-10-13)19-15-12-8-7-11-14(15)18/h4-12,19H,3H2,1-2H3. The molecule has 0 fully saturated rings. The van der Waals surface area contributed by atoms with Gasteiger partial charge in [-0.15, -0.1) is 0 Å². The fraction of sp³-hybridized carbons (Fsp3) is 0.235. The van der Waals surface area contributed by atoms with Crippen molar-refractivity contribution in [1.29, 1.82) is 0 Å². The molecule has 2 aromatic rings. The maximum atomic E-state index is 12.5. The van der Waals surface area contributed by atoms with Crippen molar-refractivity contribution >= 4 is 27.6 Å². The normalized spacial score (nSPS) is 13.3. The van der Waals surface area contributed by atoms with E-state index in [1.807, 2.05) is 61.5 Å². The molecule has 0 radical (unpaired) electrons. The van der Waals surface area contributed by atoms with E-state index < -0.39 is 5.54 Å². The van der Waals surface area contributed by atoms with Crippen molar-refractivity contribution in [2.45, 2.75) is 18.9 Å². The minimum Gasteiger partial charge on any atom is -0.467 e. The van der Waals surface area contributed by atoms with Crippen molar-refractivity contribution < 1.29 is 9.53 Å². The molecule has 0 spiro atoms. The first-order chi connectivity index (χ1) is 10.1. The zero-order valence-electron chi connectivity index (χ0n) is 12.1.